The summed E-state index contributed by atoms with van der Waals surface area (Å²) >= 11 is 0. The number of benzene rings is 2. The maximum Gasteiger partial charge on any atom is 0.163 e. The highest BCUT2D eigenvalue weighted by Crippen LogP contribution is 2.64. The predicted octanol–water partition coefficient (Wildman–Crippen LogP) is 5.78. The molecule has 3 aliphatic carbocycles. The summed E-state index contributed by atoms with van der Waals surface area (Å²) in [6, 6.07) is 11.8. The Balaban J connectivity index is 0.968. The number of carbonyl (C=O) groups excluding carboxylic acids is 1. The maximum absolute atomic E-state index is 12.5. The van der Waals surface area contributed by atoms with Crippen LogP contribution in [0, 0.1) is 5.92 Å². The SMILES string of the molecule is CCCC(O)CC(O)CC(=O)CCc1ccc(O)c(OCN2C=C3N=CC(C45CCCC4C4=C6C(=NC(N)c7cccc5c76)CC4)=C3C2)c1. The Hall–Kier alpha value is -4.05. The van der Waals surface area contributed by atoms with Crippen molar-refractivity contribution < 1.29 is 24.9 Å². The molecule has 1 fully saturated rings. The summed E-state index contributed by atoms with van der Waals surface area (Å²) in [5.41, 5.74) is 19.0. The molecule has 3 aliphatic heterocycles. The molecule has 1 saturated carbocycles. The molecule has 0 saturated heterocycles. The second-order valence-corrected chi connectivity index (χ2v) is 14.7. The maximum atomic E-state index is 12.5. The minimum Gasteiger partial charge on any atom is -0.504 e. The Bertz CT molecular complexity index is 1860. The molecule has 0 amide bonds. The molecule has 6 aliphatic rings. The van der Waals surface area contributed by atoms with Crippen molar-refractivity contribution >= 4 is 23.3 Å². The lowest BCUT2D eigenvalue weighted by Gasteiger charge is -2.45. The summed E-state index contributed by atoms with van der Waals surface area (Å²) in [6.07, 6.45) is 10.3. The standard InChI is InChI=1S/C40H46N4O5/c1-2-5-24(45)17-26(47)18-25(46)11-9-23-10-14-35(48)36(16-23)49-22-44-20-29-32(19-42-34(29)21-44)40-15-4-8-30(40)27-12-13-33-38(27)37-28(39(41)43-33)6-3-7-31(37)40/h3,6-7,10,14,16,19,21,24,26,30,39,45,47-48H,2,4-5,8-9,11-13,15,17-18,20,22,41H2,1H3. The van der Waals surface area contributed by atoms with Crippen molar-refractivity contribution in [3.63, 3.8) is 0 Å². The summed E-state index contributed by atoms with van der Waals surface area (Å²) in [5.74, 6) is 0.800. The summed E-state index contributed by atoms with van der Waals surface area (Å²) < 4.78 is 6.16. The van der Waals surface area contributed by atoms with Gasteiger partial charge in [-0.1, -0.05) is 49.6 Å². The van der Waals surface area contributed by atoms with E-state index in [0.717, 1.165) is 42.5 Å². The van der Waals surface area contributed by atoms with Gasteiger partial charge < -0.3 is 30.7 Å². The molecular formula is C40H46N4O5. The molecule has 8 rings (SSSR count). The number of nitrogens with zero attached hydrogens (tertiary/aromatic N) is 3. The molecule has 5 N–H and O–H groups in total. The minimum absolute atomic E-state index is 0.0303. The van der Waals surface area contributed by atoms with Gasteiger partial charge in [-0.05, 0) is 90.8 Å². The van der Waals surface area contributed by atoms with E-state index in [0.29, 0.717) is 31.1 Å². The monoisotopic (exact) mass is 662 g/mol. The Morgan fingerprint density at radius 2 is 2.06 bits per heavy atom. The molecule has 0 bridgehead atoms. The first-order chi connectivity index (χ1) is 23.8. The molecule has 49 heavy (non-hydrogen) atoms. The van der Waals surface area contributed by atoms with Gasteiger partial charge in [0.25, 0.3) is 0 Å². The van der Waals surface area contributed by atoms with Crippen LogP contribution in [0.3, 0.4) is 0 Å². The summed E-state index contributed by atoms with van der Waals surface area (Å²) in [6.45, 7) is 2.90. The number of Topliss-reactive ketones (excluding diaryl/α,β-unsaturated/α-hetero) is 1. The average Bonchev–Trinajstić information content (AvgIpc) is 3.87. The summed E-state index contributed by atoms with van der Waals surface area (Å²) in [4.78, 5) is 24.5. The van der Waals surface area contributed by atoms with Crippen LogP contribution in [0.1, 0.15) is 99.6 Å². The van der Waals surface area contributed by atoms with Crippen molar-refractivity contribution in [2.24, 2.45) is 21.6 Å². The quantitative estimate of drug-likeness (QED) is 0.213. The normalized spacial score (nSPS) is 25.7. The fourth-order valence-electron chi connectivity index (χ4n) is 9.52. The molecule has 256 valence electrons. The molecule has 0 spiro atoms. The third-order valence-corrected chi connectivity index (χ3v) is 11.6. The van der Waals surface area contributed by atoms with Crippen molar-refractivity contribution in [1.82, 2.24) is 4.90 Å². The van der Waals surface area contributed by atoms with Crippen LogP contribution >= 0.6 is 0 Å². The number of nitrogens with two attached hydrogens (primary N) is 1. The van der Waals surface area contributed by atoms with Crippen molar-refractivity contribution in [1.29, 1.82) is 0 Å². The zero-order valence-corrected chi connectivity index (χ0v) is 28.2. The number of ether oxygens (including phenoxy) is 1. The topological polar surface area (TPSA) is 141 Å². The number of aliphatic hydroxyl groups excluding tert-OH is 2. The second kappa shape index (κ2) is 12.7. The van der Waals surface area contributed by atoms with E-state index in [-0.39, 0.29) is 49.1 Å². The number of hydrogen-bond donors (Lipinski definition) is 4. The van der Waals surface area contributed by atoms with Gasteiger partial charge in [-0.3, -0.25) is 14.8 Å². The van der Waals surface area contributed by atoms with Gasteiger partial charge in [-0.25, -0.2) is 0 Å². The van der Waals surface area contributed by atoms with E-state index in [4.69, 9.17) is 20.5 Å². The van der Waals surface area contributed by atoms with E-state index in [2.05, 4.69) is 35.5 Å². The first-order valence-electron chi connectivity index (χ1n) is 18.0. The van der Waals surface area contributed by atoms with E-state index in [1.54, 1.807) is 23.8 Å². The average molecular weight is 663 g/mol. The van der Waals surface area contributed by atoms with Gasteiger partial charge in [0.05, 0.1) is 17.9 Å². The fraction of sp³-hybridized carbons (Fsp3) is 0.475. The number of aryl methyl sites for hydroxylation is 1. The Kier molecular flexibility index (Phi) is 8.33. The summed E-state index contributed by atoms with van der Waals surface area (Å²) in [7, 11) is 0. The second-order valence-electron chi connectivity index (χ2n) is 14.7. The lowest BCUT2D eigenvalue weighted by Crippen LogP contribution is -2.40. The van der Waals surface area contributed by atoms with Crippen LogP contribution in [0.4, 0.5) is 0 Å². The van der Waals surface area contributed by atoms with Crippen LogP contribution in [0.25, 0.3) is 5.57 Å². The number of ketones is 1. The molecule has 9 heteroatoms. The van der Waals surface area contributed by atoms with Gasteiger partial charge in [0.2, 0.25) is 0 Å². The lowest BCUT2D eigenvalue weighted by molar-refractivity contribution is -0.121. The molecule has 2 aromatic rings. The minimum atomic E-state index is -0.838. The zero-order valence-electron chi connectivity index (χ0n) is 28.2. The number of aliphatic hydroxyl groups is 2. The van der Waals surface area contributed by atoms with Gasteiger partial charge in [0.1, 0.15) is 11.9 Å². The molecule has 0 radical (unpaired) electrons. The van der Waals surface area contributed by atoms with Gasteiger partial charge >= 0.3 is 0 Å². The third-order valence-electron chi connectivity index (χ3n) is 11.6. The van der Waals surface area contributed by atoms with E-state index >= 15 is 0 Å². The molecule has 2 aromatic carbocycles. The molecule has 5 unspecified atom stereocenters. The van der Waals surface area contributed by atoms with E-state index in [9.17, 15) is 20.1 Å². The highest BCUT2D eigenvalue weighted by molar-refractivity contribution is 6.29. The van der Waals surface area contributed by atoms with Crippen LogP contribution in [-0.4, -0.2) is 63.4 Å². The lowest BCUT2D eigenvalue weighted by atomic mass is 9.58. The van der Waals surface area contributed by atoms with Crippen LogP contribution in [0.15, 0.2) is 75.0 Å². The van der Waals surface area contributed by atoms with E-state index < -0.39 is 12.2 Å². The van der Waals surface area contributed by atoms with Crippen LogP contribution < -0.4 is 10.5 Å². The van der Waals surface area contributed by atoms with Crippen molar-refractivity contribution in [2.45, 2.75) is 101 Å². The van der Waals surface area contributed by atoms with Crippen molar-refractivity contribution in [2.75, 3.05) is 13.3 Å². The number of fused-ring (bicyclic) bond motifs is 4. The Morgan fingerprint density at radius 3 is 2.92 bits per heavy atom. The number of aliphatic imine (C=N–C) groups is 2. The number of allylic oxidation sites excluding steroid dienone is 3. The highest BCUT2D eigenvalue weighted by Gasteiger charge is 2.56. The van der Waals surface area contributed by atoms with Crippen molar-refractivity contribution in [3.8, 4) is 11.5 Å². The Morgan fingerprint density at radius 1 is 1.18 bits per heavy atom. The number of hydrogen-bond acceptors (Lipinski definition) is 9. The first kappa shape index (κ1) is 32.2. The van der Waals surface area contributed by atoms with Gasteiger partial charge in [-0.15, -0.1) is 0 Å². The van der Waals surface area contributed by atoms with Gasteiger partial charge in [0.15, 0.2) is 18.2 Å². The van der Waals surface area contributed by atoms with E-state index in [1.165, 1.54) is 46.4 Å². The highest BCUT2D eigenvalue weighted by atomic mass is 16.5. The number of rotatable bonds is 13. The Labute approximate surface area is 287 Å². The van der Waals surface area contributed by atoms with Crippen LogP contribution in [0.5, 0.6) is 11.5 Å². The molecular weight excluding hydrogens is 616 g/mol. The number of phenolic OH excluding ortho intramolecular Hbond substituents is 1. The van der Waals surface area contributed by atoms with Crippen LogP contribution in [0.2, 0.25) is 0 Å². The molecule has 3 heterocycles. The number of phenols is 1. The van der Waals surface area contributed by atoms with Gasteiger partial charge in [0, 0.05) is 54.1 Å². The predicted molar refractivity (Wildman–Crippen MR) is 189 cm³/mol. The first-order valence-corrected chi connectivity index (χ1v) is 18.0. The zero-order chi connectivity index (χ0) is 33.9. The number of carbonyl (C=O) groups is 1. The van der Waals surface area contributed by atoms with Crippen molar-refractivity contribution in [3.05, 3.63) is 87.3 Å². The largest absolute Gasteiger partial charge is 0.504 e. The molecule has 0 aromatic heterocycles. The smallest absolute Gasteiger partial charge is 0.163 e. The molecule has 9 nitrogen and oxygen atoms in total. The third kappa shape index (κ3) is 5.47. The molecule has 5 atom stereocenters. The fourth-order valence-corrected chi connectivity index (χ4v) is 9.52. The van der Waals surface area contributed by atoms with E-state index in [1.807, 2.05) is 6.92 Å². The van der Waals surface area contributed by atoms with Gasteiger partial charge in [-0.2, -0.15) is 0 Å². The number of aromatic hydroxyl groups is 1. The van der Waals surface area contributed by atoms with Crippen LogP contribution in [-0.2, 0) is 16.6 Å². The summed E-state index contributed by atoms with van der Waals surface area (Å²) in [5, 5.41) is 30.7.